The van der Waals surface area contributed by atoms with Crippen LogP contribution in [0.2, 0.25) is 5.02 Å². The zero-order chi connectivity index (χ0) is 23.8. The van der Waals surface area contributed by atoms with Crippen molar-refractivity contribution in [3.63, 3.8) is 0 Å². The summed E-state index contributed by atoms with van der Waals surface area (Å²) in [4.78, 5) is 53.6. The van der Waals surface area contributed by atoms with Crippen molar-refractivity contribution in [1.82, 2.24) is 10.2 Å². The lowest BCUT2D eigenvalue weighted by Crippen LogP contribution is -2.53. The van der Waals surface area contributed by atoms with Crippen LogP contribution in [0.25, 0.3) is 0 Å². The molecule has 34 heavy (non-hydrogen) atoms. The number of amides is 4. The van der Waals surface area contributed by atoms with E-state index < -0.39 is 47.0 Å². The summed E-state index contributed by atoms with van der Waals surface area (Å²) in [5, 5.41) is 6.20. The van der Waals surface area contributed by atoms with E-state index in [4.69, 9.17) is 26.8 Å². The summed E-state index contributed by atoms with van der Waals surface area (Å²) in [6.45, 7) is 0.0925. The summed E-state index contributed by atoms with van der Waals surface area (Å²) in [5.41, 5.74) is 5.43. The van der Waals surface area contributed by atoms with Gasteiger partial charge in [0.25, 0.3) is 0 Å². The highest BCUT2D eigenvalue weighted by Crippen LogP contribution is 2.54. The second-order valence-corrected chi connectivity index (χ2v) is 9.21. The number of primary amides is 1. The van der Waals surface area contributed by atoms with Crippen LogP contribution >= 0.6 is 11.6 Å². The van der Waals surface area contributed by atoms with Crippen molar-refractivity contribution in [3.8, 4) is 11.5 Å². The van der Waals surface area contributed by atoms with Crippen LogP contribution in [0.5, 0.6) is 11.5 Å². The van der Waals surface area contributed by atoms with E-state index in [2.05, 4.69) is 10.6 Å². The number of para-hydroxylation sites is 1. The molecule has 0 saturated carbocycles. The molecule has 4 heterocycles. The Kier molecular flexibility index (Phi) is 4.42. The van der Waals surface area contributed by atoms with Crippen LogP contribution in [0.1, 0.15) is 17.5 Å². The molecule has 0 radical (unpaired) electrons. The predicted molar refractivity (Wildman–Crippen MR) is 118 cm³/mol. The molecule has 0 aromatic heterocycles. The molecular formula is C23H19ClN4O6. The standard InChI is InChI=1S/C23H19ClN4O6/c24-12-3-1-2-11-19(12)26-22(32)23(11)18-17(13(27-23)7-16(25)29)20(30)28(21(18)31)8-10-4-5-14-15(6-10)34-9-33-14/h1-6,13,17-18,27H,7-9H2,(H2,25,29)(H,26,32). The number of nitrogens with two attached hydrogens (primary N) is 1. The summed E-state index contributed by atoms with van der Waals surface area (Å²) in [6.07, 6.45) is -0.205. The molecule has 11 heteroatoms. The summed E-state index contributed by atoms with van der Waals surface area (Å²) < 4.78 is 10.7. The van der Waals surface area contributed by atoms with Crippen molar-refractivity contribution in [2.45, 2.75) is 24.5 Å². The molecule has 4 amide bonds. The molecule has 2 saturated heterocycles. The largest absolute Gasteiger partial charge is 0.454 e. The molecule has 2 aromatic rings. The lowest BCUT2D eigenvalue weighted by atomic mass is 9.76. The van der Waals surface area contributed by atoms with Gasteiger partial charge in [-0.3, -0.25) is 29.4 Å². The minimum atomic E-state index is -1.54. The van der Waals surface area contributed by atoms with Crippen molar-refractivity contribution in [2.75, 3.05) is 12.1 Å². The minimum absolute atomic E-state index is 0.00923. The van der Waals surface area contributed by atoms with Crippen LogP contribution in [-0.4, -0.2) is 41.4 Å². The summed E-state index contributed by atoms with van der Waals surface area (Å²) in [7, 11) is 0. The SMILES string of the molecule is NC(=O)CC1NC2(C(=O)Nc3c(Cl)cccc32)C2C(=O)N(Cc3ccc4c(c3)OCO4)C(=O)C12. The van der Waals surface area contributed by atoms with Crippen LogP contribution in [0, 0.1) is 11.8 Å². The highest BCUT2D eigenvalue weighted by molar-refractivity contribution is 6.35. The average Bonchev–Trinajstić information content (AvgIpc) is 3.51. The first-order chi connectivity index (χ1) is 16.3. The zero-order valence-electron chi connectivity index (χ0n) is 17.7. The lowest BCUT2D eigenvalue weighted by Gasteiger charge is -2.29. The van der Waals surface area contributed by atoms with E-state index in [1.165, 1.54) is 0 Å². The number of hydrogen-bond donors (Lipinski definition) is 3. The van der Waals surface area contributed by atoms with Gasteiger partial charge < -0.3 is 20.5 Å². The van der Waals surface area contributed by atoms with Crippen LogP contribution in [0.4, 0.5) is 5.69 Å². The van der Waals surface area contributed by atoms with E-state index in [0.29, 0.717) is 33.3 Å². The number of fused-ring (bicyclic) bond motifs is 5. The first-order valence-corrected chi connectivity index (χ1v) is 11.1. The van der Waals surface area contributed by atoms with Crippen molar-refractivity contribution >= 4 is 40.9 Å². The van der Waals surface area contributed by atoms with Gasteiger partial charge in [-0.05, 0) is 23.8 Å². The monoisotopic (exact) mass is 482 g/mol. The Morgan fingerprint density at radius 1 is 1.15 bits per heavy atom. The number of halogens is 1. The van der Waals surface area contributed by atoms with Gasteiger partial charge in [0.05, 0.1) is 29.1 Å². The van der Waals surface area contributed by atoms with E-state index in [1.54, 1.807) is 36.4 Å². The third-order valence-corrected chi connectivity index (χ3v) is 7.30. The number of imide groups is 1. The number of carbonyl (C=O) groups is 4. The summed E-state index contributed by atoms with van der Waals surface area (Å²) in [5.74, 6) is -3.00. The lowest BCUT2D eigenvalue weighted by molar-refractivity contribution is -0.143. The van der Waals surface area contributed by atoms with E-state index >= 15 is 0 Å². The normalized spacial score (nSPS) is 28.4. The van der Waals surface area contributed by atoms with Gasteiger partial charge >= 0.3 is 0 Å². The van der Waals surface area contributed by atoms with E-state index in [1.807, 2.05) is 0 Å². The maximum absolute atomic E-state index is 13.7. The minimum Gasteiger partial charge on any atom is -0.454 e. The Morgan fingerprint density at radius 2 is 1.94 bits per heavy atom. The Hall–Kier alpha value is -3.63. The Balaban J connectivity index is 1.42. The van der Waals surface area contributed by atoms with Gasteiger partial charge in [0.15, 0.2) is 11.5 Å². The maximum Gasteiger partial charge on any atom is 0.250 e. The second-order valence-electron chi connectivity index (χ2n) is 8.80. The smallest absolute Gasteiger partial charge is 0.250 e. The van der Waals surface area contributed by atoms with Gasteiger partial charge in [0, 0.05) is 18.0 Å². The molecule has 4 aliphatic heterocycles. The number of ether oxygens (including phenoxy) is 2. The highest BCUT2D eigenvalue weighted by Gasteiger charge is 2.70. The van der Waals surface area contributed by atoms with Gasteiger partial charge in [-0.2, -0.15) is 0 Å². The molecule has 2 aromatic carbocycles. The predicted octanol–water partition coefficient (Wildman–Crippen LogP) is 0.865. The zero-order valence-corrected chi connectivity index (χ0v) is 18.4. The van der Waals surface area contributed by atoms with E-state index in [9.17, 15) is 19.2 Å². The van der Waals surface area contributed by atoms with Crippen LogP contribution in [-0.2, 0) is 31.3 Å². The molecule has 10 nitrogen and oxygen atoms in total. The highest BCUT2D eigenvalue weighted by atomic mass is 35.5. The fraction of sp³-hybridized carbons (Fsp3) is 0.304. The Morgan fingerprint density at radius 3 is 2.74 bits per heavy atom. The quantitative estimate of drug-likeness (QED) is 0.549. The number of carbonyl (C=O) groups excluding carboxylic acids is 4. The molecule has 0 aliphatic carbocycles. The molecule has 2 fully saturated rings. The number of rotatable bonds is 4. The van der Waals surface area contributed by atoms with E-state index in [-0.39, 0.29) is 19.8 Å². The fourth-order valence-electron chi connectivity index (χ4n) is 5.62. The molecule has 6 rings (SSSR count). The first-order valence-electron chi connectivity index (χ1n) is 10.7. The van der Waals surface area contributed by atoms with Crippen molar-refractivity contribution in [3.05, 3.63) is 52.5 Å². The third kappa shape index (κ3) is 2.72. The number of nitrogens with zero attached hydrogens (tertiary/aromatic N) is 1. The molecule has 174 valence electrons. The molecule has 4 N–H and O–H groups in total. The summed E-state index contributed by atoms with van der Waals surface area (Å²) in [6, 6.07) is 9.36. The van der Waals surface area contributed by atoms with Crippen molar-refractivity contribution in [1.29, 1.82) is 0 Å². The van der Waals surface area contributed by atoms with Gasteiger partial charge in [-0.1, -0.05) is 29.8 Å². The molecule has 1 spiro atoms. The van der Waals surface area contributed by atoms with Crippen LogP contribution in [0.3, 0.4) is 0 Å². The molecule has 4 atom stereocenters. The molecule has 4 unspecified atom stereocenters. The Bertz CT molecular complexity index is 1300. The number of benzene rings is 2. The molecular weight excluding hydrogens is 464 g/mol. The average molecular weight is 483 g/mol. The second kappa shape index (κ2) is 7.18. The van der Waals surface area contributed by atoms with Crippen LogP contribution < -0.4 is 25.8 Å². The Labute approximate surface area is 198 Å². The van der Waals surface area contributed by atoms with Crippen molar-refractivity contribution in [2.24, 2.45) is 17.6 Å². The van der Waals surface area contributed by atoms with Gasteiger partial charge in [-0.25, -0.2) is 0 Å². The van der Waals surface area contributed by atoms with Crippen LogP contribution in [0.15, 0.2) is 36.4 Å². The maximum atomic E-state index is 13.7. The molecule has 4 aliphatic rings. The third-order valence-electron chi connectivity index (χ3n) is 6.99. The number of hydrogen-bond acceptors (Lipinski definition) is 7. The summed E-state index contributed by atoms with van der Waals surface area (Å²) >= 11 is 6.31. The van der Waals surface area contributed by atoms with Gasteiger partial charge in [-0.15, -0.1) is 0 Å². The number of likely N-dealkylation sites (tertiary alicyclic amines) is 1. The molecule has 0 bridgehead atoms. The number of nitrogens with one attached hydrogen (secondary N) is 2. The fourth-order valence-corrected chi connectivity index (χ4v) is 5.84. The van der Waals surface area contributed by atoms with E-state index in [0.717, 1.165) is 4.90 Å². The number of anilines is 1. The first kappa shape index (κ1) is 20.9. The van der Waals surface area contributed by atoms with Gasteiger partial charge in [0.1, 0.15) is 5.54 Å². The topological polar surface area (TPSA) is 140 Å². The van der Waals surface area contributed by atoms with Gasteiger partial charge in [0.2, 0.25) is 30.4 Å². The van der Waals surface area contributed by atoms with Crippen molar-refractivity contribution < 1.29 is 28.7 Å².